The van der Waals surface area contributed by atoms with E-state index < -0.39 is 11.6 Å². The number of nitrogens with zero attached hydrogens (tertiary/aromatic N) is 1. The van der Waals surface area contributed by atoms with E-state index in [2.05, 4.69) is 11.9 Å². The molecule has 5 nitrogen and oxygen atoms in total. The fourth-order valence-electron chi connectivity index (χ4n) is 2.92. The Labute approximate surface area is 163 Å². The number of imide groups is 1. The molecule has 0 bridgehead atoms. The zero-order chi connectivity index (χ0) is 19.6. The molecular weight excluding hydrogens is 364 g/mol. The van der Waals surface area contributed by atoms with E-state index in [4.69, 9.17) is 16.3 Å². The van der Waals surface area contributed by atoms with E-state index in [1.807, 2.05) is 13.0 Å². The number of benzene rings is 2. The lowest BCUT2D eigenvalue weighted by Gasteiger charge is -2.22. The molecule has 1 heterocycles. The molecule has 140 valence electrons. The van der Waals surface area contributed by atoms with Crippen molar-refractivity contribution in [2.75, 3.05) is 6.61 Å². The Morgan fingerprint density at radius 3 is 2.48 bits per heavy atom. The zero-order valence-electron chi connectivity index (χ0n) is 15.3. The maximum absolute atomic E-state index is 13.0. The number of hydrogen-bond acceptors (Lipinski definition) is 3. The summed E-state index contributed by atoms with van der Waals surface area (Å²) in [5.41, 5.74) is 1.19. The van der Waals surface area contributed by atoms with E-state index in [9.17, 15) is 9.59 Å². The molecule has 0 spiro atoms. The van der Waals surface area contributed by atoms with Crippen LogP contribution in [0.15, 0.2) is 60.7 Å². The maximum Gasteiger partial charge on any atom is 0.325 e. The van der Waals surface area contributed by atoms with Gasteiger partial charge in [0.25, 0.3) is 5.91 Å². The lowest BCUT2D eigenvalue weighted by atomic mass is 9.92. The standard InChI is InChI=1S/C21H21ClN2O3/c1-14(2)13-27-17-10-8-16(9-11-17)21(3)19(25)24(20(26)23-21)12-15-6-4-5-7-18(15)22/h4-11H,1,12-13H2,2-3H3,(H,23,26). The van der Waals surface area contributed by atoms with Gasteiger partial charge in [0.05, 0.1) is 6.54 Å². The molecule has 6 heteroatoms. The maximum atomic E-state index is 13.0. The number of nitrogens with one attached hydrogen (secondary N) is 1. The second kappa shape index (κ2) is 7.45. The molecule has 1 aliphatic rings. The first-order valence-corrected chi connectivity index (χ1v) is 8.94. The Hall–Kier alpha value is -2.79. The average Bonchev–Trinajstić information content (AvgIpc) is 2.86. The molecule has 3 amide bonds. The van der Waals surface area contributed by atoms with Crippen molar-refractivity contribution in [2.24, 2.45) is 0 Å². The predicted octanol–water partition coefficient (Wildman–Crippen LogP) is 4.26. The minimum absolute atomic E-state index is 0.125. The first-order chi connectivity index (χ1) is 12.8. The molecule has 1 atom stereocenters. The fraction of sp³-hybridized carbons (Fsp3) is 0.238. The molecule has 1 unspecified atom stereocenters. The lowest BCUT2D eigenvalue weighted by molar-refractivity contribution is -0.131. The van der Waals surface area contributed by atoms with E-state index in [1.54, 1.807) is 49.4 Å². The zero-order valence-corrected chi connectivity index (χ0v) is 16.0. The van der Waals surface area contributed by atoms with Crippen molar-refractivity contribution in [1.82, 2.24) is 10.2 Å². The molecule has 1 fully saturated rings. The van der Waals surface area contributed by atoms with Crippen LogP contribution in [0.4, 0.5) is 4.79 Å². The Kier molecular flexibility index (Phi) is 5.24. The van der Waals surface area contributed by atoms with Crippen molar-refractivity contribution < 1.29 is 14.3 Å². The van der Waals surface area contributed by atoms with E-state index in [0.29, 0.717) is 22.9 Å². The monoisotopic (exact) mass is 384 g/mol. The van der Waals surface area contributed by atoms with Crippen molar-refractivity contribution >= 4 is 23.5 Å². The third-order valence-electron chi connectivity index (χ3n) is 4.48. The van der Waals surface area contributed by atoms with Gasteiger partial charge in [0.1, 0.15) is 17.9 Å². The number of halogens is 1. The van der Waals surface area contributed by atoms with Gasteiger partial charge in [0.2, 0.25) is 0 Å². The smallest absolute Gasteiger partial charge is 0.325 e. The van der Waals surface area contributed by atoms with Crippen molar-refractivity contribution in [1.29, 1.82) is 0 Å². The Bertz CT molecular complexity index is 895. The summed E-state index contributed by atoms with van der Waals surface area (Å²) in [7, 11) is 0. The Morgan fingerprint density at radius 2 is 1.85 bits per heavy atom. The summed E-state index contributed by atoms with van der Waals surface area (Å²) >= 11 is 6.17. The lowest BCUT2D eigenvalue weighted by Crippen LogP contribution is -2.40. The van der Waals surface area contributed by atoms with Gasteiger partial charge in [-0.25, -0.2) is 4.79 Å². The predicted molar refractivity (Wildman–Crippen MR) is 105 cm³/mol. The van der Waals surface area contributed by atoms with Crippen molar-refractivity contribution in [3.63, 3.8) is 0 Å². The summed E-state index contributed by atoms with van der Waals surface area (Å²) in [5.74, 6) is 0.359. The minimum Gasteiger partial charge on any atom is -0.489 e. The molecule has 0 aliphatic carbocycles. The normalized spacial score (nSPS) is 19.1. The number of ether oxygens (including phenoxy) is 1. The quantitative estimate of drug-likeness (QED) is 0.598. The Morgan fingerprint density at radius 1 is 1.19 bits per heavy atom. The van der Waals surface area contributed by atoms with Crippen LogP contribution in [0, 0.1) is 0 Å². The van der Waals surface area contributed by atoms with Crippen molar-refractivity contribution in [2.45, 2.75) is 25.9 Å². The molecular formula is C21H21ClN2O3. The topological polar surface area (TPSA) is 58.6 Å². The van der Waals surface area contributed by atoms with Crippen LogP contribution in [-0.2, 0) is 16.9 Å². The van der Waals surface area contributed by atoms with Gasteiger partial charge in [-0.05, 0) is 48.7 Å². The van der Waals surface area contributed by atoms with Crippen LogP contribution in [0.2, 0.25) is 5.02 Å². The van der Waals surface area contributed by atoms with Crippen LogP contribution < -0.4 is 10.1 Å². The molecule has 27 heavy (non-hydrogen) atoms. The van der Waals surface area contributed by atoms with Gasteiger partial charge in [-0.1, -0.05) is 48.5 Å². The molecule has 0 aromatic heterocycles. The van der Waals surface area contributed by atoms with Crippen LogP contribution >= 0.6 is 11.6 Å². The molecule has 2 aromatic carbocycles. The number of carbonyl (C=O) groups is 2. The highest BCUT2D eigenvalue weighted by Crippen LogP contribution is 2.31. The molecule has 0 saturated carbocycles. The van der Waals surface area contributed by atoms with Gasteiger partial charge in [0.15, 0.2) is 0 Å². The third kappa shape index (κ3) is 3.83. The molecule has 0 radical (unpaired) electrons. The molecule has 1 aliphatic heterocycles. The summed E-state index contributed by atoms with van der Waals surface area (Å²) in [6.45, 7) is 7.93. The number of amides is 3. The molecule has 2 aromatic rings. The van der Waals surface area contributed by atoms with Crippen LogP contribution in [0.1, 0.15) is 25.0 Å². The van der Waals surface area contributed by atoms with Gasteiger partial charge in [-0.2, -0.15) is 0 Å². The summed E-state index contributed by atoms with van der Waals surface area (Å²) in [6, 6.07) is 13.8. The van der Waals surface area contributed by atoms with E-state index in [-0.39, 0.29) is 12.5 Å². The van der Waals surface area contributed by atoms with Gasteiger partial charge < -0.3 is 10.1 Å². The summed E-state index contributed by atoms with van der Waals surface area (Å²) in [4.78, 5) is 26.6. The second-order valence-corrected chi connectivity index (χ2v) is 7.22. The van der Waals surface area contributed by atoms with Crippen LogP contribution in [0.3, 0.4) is 0 Å². The molecule has 1 saturated heterocycles. The van der Waals surface area contributed by atoms with E-state index in [0.717, 1.165) is 11.1 Å². The summed E-state index contributed by atoms with van der Waals surface area (Å²) in [6.07, 6.45) is 0. The van der Waals surface area contributed by atoms with Crippen LogP contribution in [-0.4, -0.2) is 23.4 Å². The summed E-state index contributed by atoms with van der Waals surface area (Å²) < 4.78 is 5.58. The van der Waals surface area contributed by atoms with E-state index >= 15 is 0 Å². The van der Waals surface area contributed by atoms with Gasteiger partial charge in [0, 0.05) is 5.02 Å². The average molecular weight is 385 g/mol. The number of carbonyl (C=O) groups excluding carboxylic acids is 2. The number of rotatable bonds is 6. The number of urea groups is 1. The SMILES string of the molecule is C=C(C)COc1ccc(C2(C)NC(=O)N(Cc3ccccc3Cl)C2=O)cc1. The summed E-state index contributed by atoms with van der Waals surface area (Å²) in [5, 5.41) is 3.31. The first-order valence-electron chi connectivity index (χ1n) is 8.56. The first kappa shape index (κ1) is 19.0. The van der Waals surface area contributed by atoms with Crippen molar-refractivity contribution in [3.05, 3.63) is 76.8 Å². The van der Waals surface area contributed by atoms with Gasteiger partial charge in [-0.15, -0.1) is 0 Å². The van der Waals surface area contributed by atoms with Crippen molar-refractivity contribution in [3.8, 4) is 5.75 Å². The molecule has 3 rings (SSSR count). The minimum atomic E-state index is -1.13. The molecule has 1 N–H and O–H groups in total. The fourth-order valence-corrected chi connectivity index (χ4v) is 3.12. The largest absolute Gasteiger partial charge is 0.489 e. The van der Waals surface area contributed by atoms with Gasteiger partial charge >= 0.3 is 6.03 Å². The van der Waals surface area contributed by atoms with Crippen LogP contribution in [0.25, 0.3) is 0 Å². The van der Waals surface area contributed by atoms with Crippen LogP contribution in [0.5, 0.6) is 5.75 Å². The third-order valence-corrected chi connectivity index (χ3v) is 4.85. The van der Waals surface area contributed by atoms with Gasteiger partial charge in [-0.3, -0.25) is 9.69 Å². The second-order valence-electron chi connectivity index (χ2n) is 6.81. The van der Waals surface area contributed by atoms with E-state index in [1.165, 1.54) is 4.90 Å². The highest BCUT2D eigenvalue weighted by Gasteiger charge is 2.48. The highest BCUT2D eigenvalue weighted by molar-refractivity contribution is 6.31. The Balaban J connectivity index is 1.80. The highest BCUT2D eigenvalue weighted by atomic mass is 35.5. The number of hydrogen-bond donors (Lipinski definition) is 1.